The lowest BCUT2D eigenvalue weighted by Gasteiger charge is -2.32. The van der Waals surface area contributed by atoms with Crippen molar-refractivity contribution >= 4 is 46.5 Å². The second-order valence-electron chi connectivity index (χ2n) is 12.5. The van der Waals surface area contributed by atoms with E-state index in [2.05, 4.69) is 64.3 Å². The smallest absolute Gasteiger partial charge is 0.268 e. The number of rotatable bonds is 14. The van der Waals surface area contributed by atoms with Gasteiger partial charge in [-0.1, -0.05) is 116 Å². The van der Waals surface area contributed by atoms with Crippen LogP contribution in [0.2, 0.25) is 0 Å². The molecule has 0 aliphatic rings. The van der Waals surface area contributed by atoms with Crippen LogP contribution >= 0.6 is 23.2 Å². The quantitative estimate of drug-likeness (QED) is 0.170. The van der Waals surface area contributed by atoms with Crippen LogP contribution in [0.4, 0.5) is 5.69 Å². The van der Waals surface area contributed by atoms with Crippen LogP contribution in [-0.2, 0) is 25.2 Å². The molecule has 2 N–H and O–H groups in total. The average molecular weight is 606 g/mol. The predicted molar refractivity (Wildman–Crippen MR) is 169 cm³/mol. The van der Waals surface area contributed by atoms with Gasteiger partial charge in [-0.15, -0.1) is 0 Å². The first-order valence-electron chi connectivity index (χ1n) is 14.3. The van der Waals surface area contributed by atoms with E-state index >= 15 is 0 Å². The van der Waals surface area contributed by atoms with E-state index in [1.807, 2.05) is 13.0 Å². The molecule has 0 radical (unpaired) electrons. The van der Waals surface area contributed by atoms with E-state index in [1.54, 1.807) is 44.2 Å². The molecule has 0 fully saturated rings. The standard InChI is InChI=1S/C33H46Cl2N2O4/c1-10-25(41-26-19-18-22(30(4,5)11-2)20-24(26)31(6,7)12-3)27(38)36-21-32(8,9)28(39)33(34,35)29(40)37-23-16-14-13-15-17-23/h13-20,25H,10-12,21H2,1-9H3,(H,36,38)(H,37,40). The van der Waals surface area contributed by atoms with Gasteiger partial charge >= 0.3 is 0 Å². The average Bonchev–Trinajstić information content (AvgIpc) is 2.94. The first-order valence-corrected chi connectivity index (χ1v) is 15.1. The third kappa shape index (κ3) is 8.48. The molecule has 2 amide bonds. The predicted octanol–water partition coefficient (Wildman–Crippen LogP) is 7.74. The molecule has 0 saturated heterocycles. The lowest BCUT2D eigenvalue weighted by atomic mass is 9.76. The van der Waals surface area contributed by atoms with Gasteiger partial charge in [-0.2, -0.15) is 0 Å². The Bertz CT molecular complexity index is 1220. The minimum Gasteiger partial charge on any atom is -0.480 e. The lowest BCUT2D eigenvalue weighted by Crippen LogP contribution is -2.51. The van der Waals surface area contributed by atoms with E-state index in [9.17, 15) is 14.4 Å². The first kappa shape index (κ1) is 34.6. The molecule has 0 bridgehead atoms. The highest BCUT2D eigenvalue weighted by Crippen LogP contribution is 2.39. The van der Waals surface area contributed by atoms with Crippen molar-refractivity contribution in [3.63, 3.8) is 0 Å². The van der Waals surface area contributed by atoms with Crippen LogP contribution in [0.5, 0.6) is 5.75 Å². The third-order valence-corrected chi connectivity index (χ3v) is 8.80. The van der Waals surface area contributed by atoms with E-state index in [1.165, 1.54) is 5.56 Å². The summed E-state index contributed by atoms with van der Waals surface area (Å²) >= 11 is 12.6. The molecular weight excluding hydrogens is 559 g/mol. The molecule has 0 aliphatic heterocycles. The van der Waals surface area contributed by atoms with Crippen molar-refractivity contribution in [2.24, 2.45) is 5.41 Å². The molecule has 0 aliphatic carbocycles. The van der Waals surface area contributed by atoms with Crippen molar-refractivity contribution in [1.82, 2.24) is 5.32 Å². The Balaban J connectivity index is 2.19. The van der Waals surface area contributed by atoms with Gasteiger partial charge in [-0.05, 0) is 53.9 Å². The number of alkyl halides is 2. The van der Waals surface area contributed by atoms with Gasteiger partial charge in [0, 0.05) is 23.2 Å². The number of nitrogens with one attached hydrogen (secondary N) is 2. The monoisotopic (exact) mass is 604 g/mol. The van der Waals surface area contributed by atoms with Crippen molar-refractivity contribution < 1.29 is 19.1 Å². The molecule has 2 aromatic carbocycles. The molecule has 2 aromatic rings. The fourth-order valence-electron chi connectivity index (χ4n) is 4.21. The Morgan fingerprint density at radius 1 is 0.854 bits per heavy atom. The minimum atomic E-state index is -2.35. The first-order chi connectivity index (χ1) is 18.9. The number of ether oxygens (including phenoxy) is 1. The highest BCUT2D eigenvalue weighted by molar-refractivity contribution is 6.69. The number of amides is 2. The summed E-state index contributed by atoms with van der Waals surface area (Å²) in [5.74, 6) is -1.28. The summed E-state index contributed by atoms with van der Waals surface area (Å²) in [5, 5.41) is 5.38. The van der Waals surface area contributed by atoms with E-state index in [4.69, 9.17) is 27.9 Å². The Morgan fingerprint density at radius 2 is 1.44 bits per heavy atom. The van der Waals surface area contributed by atoms with Crippen LogP contribution in [-0.4, -0.2) is 34.6 Å². The van der Waals surface area contributed by atoms with Gasteiger partial charge in [0.2, 0.25) is 0 Å². The molecular formula is C33H46Cl2N2O4. The van der Waals surface area contributed by atoms with Crippen LogP contribution in [0.25, 0.3) is 0 Å². The molecule has 0 spiro atoms. The van der Waals surface area contributed by atoms with Gasteiger partial charge in [0.1, 0.15) is 5.75 Å². The molecule has 6 nitrogen and oxygen atoms in total. The molecule has 0 heterocycles. The largest absolute Gasteiger partial charge is 0.480 e. The van der Waals surface area contributed by atoms with Crippen molar-refractivity contribution in [2.45, 2.75) is 103 Å². The van der Waals surface area contributed by atoms with Gasteiger partial charge in [0.25, 0.3) is 16.1 Å². The second kappa shape index (κ2) is 13.6. The molecule has 0 aromatic heterocycles. The normalized spacial score (nSPS) is 13.3. The van der Waals surface area contributed by atoms with Crippen LogP contribution in [0.3, 0.4) is 0 Å². The van der Waals surface area contributed by atoms with Crippen LogP contribution < -0.4 is 15.4 Å². The van der Waals surface area contributed by atoms with Crippen molar-refractivity contribution in [3.05, 3.63) is 59.7 Å². The Morgan fingerprint density at radius 3 is 1.98 bits per heavy atom. The Hall–Kier alpha value is -2.57. The van der Waals surface area contributed by atoms with E-state index < -0.39 is 27.5 Å². The zero-order valence-electron chi connectivity index (χ0n) is 25.9. The van der Waals surface area contributed by atoms with E-state index in [-0.39, 0.29) is 23.3 Å². The fourth-order valence-corrected chi connectivity index (χ4v) is 4.82. The van der Waals surface area contributed by atoms with Crippen LogP contribution in [0, 0.1) is 5.41 Å². The van der Waals surface area contributed by atoms with Gasteiger partial charge in [-0.3, -0.25) is 14.4 Å². The number of hydrogen-bond acceptors (Lipinski definition) is 4. The van der Waals surface area contributed by atoms with Gasteiger partial charge in [-0.25, -0.2) is 0 Å². The maximum absolute atomic E-state index is 13.3. The van der Waals surface area contributed by atoms with Crippen molar-refractivity contribution in [3.8, 4) is 5.75 Å². The molecule has 1 unspecified atom stereocenters. The highest BCUT2D eigenvalue weighted by atomic mass is 35.5. The maximum Gasteiger partial charge on any atom is 0.268 e. The van der Waals surface area contributed by atoms with E-state index in [0.29, 0.717) is 17.9 Å². The highest BCUT2D eigenvalue weighted by Gasteiger charge is 2.49. The summed E-state index contributed by atoms with van der Waals surface area (Å²) in [6.07, 6.45) is 1.53. The summed E-state index contributed by atoms with van der Waals surface area (Å²) in [6, 6.07) is 14.8. The number of benzene rings is 2. The number of halogens is 2. The Kier molecular flexibility index (Phi) is 11.5. The van der Waals surface area contributed by atoms with Crippen molar-refractivity contribution in [1.29, 1.82) is 0 Å². The van der Waals surface area contributed by atoms with Gasteiger partial charge in [0.05, 0.1) is 0 Å². The number of carbonyl (C=O) groups excluding carboxylic acids is 3. The molecule has 8 heteroatoms. The number of Topliss-reactive ketones (excluding diaryl/α,β-unsaturated/α-hetero) is 1. The molecule has 226 valence electrons. The minimum absolute atomic E-state index is 0.00875. The lowest BCUT2D eigenvalue weighted by molar-refractivity contribution is -0.133. The molecule has 2 rings (SSSR count). The van der Waals surface area contributed by atoms with Gasteiger partial charge < -0.3 is 15.4 Å². The third-order valence-electron chi connectivity index (χ3n) is 8.11. The molecule has 41 heavy (non-hydrogen) atoms. The summed E-state index contributed by atoms with van der Waals surface area (Å²) in [6.45, 7) is 18.1. The van der Waals surface area contributed by atoms with Gasteiger partial charge in [0.15, 0.2) is 11.9 Å². The number of anilines is 1. The number of para-hydroxylation sites is 1. The number of carbonyl (C=O) groups is 3. The zero-order valence-corrected chi connectivity index (χ0v) is 27.4. The summed E-state index contributed by atoms with van der Waals surface area (Å²) in [7, 11) is 0. The van der Waals surface area contributed by atoms with Crippen LogP contribution in [0.15, 0.2) is 48.5 Å². The molecule has 1 atom stereocenters. The Labute approximate surface area is 255 Å². The van der Waals surface area contributed by atoms with Crippen LogP contribution in [0.1, 0.15) is 92.7 Å². The fraction of sp³-hybridized carbons (Fsp3) is 0.545. The summed E-state index contributed by atoms with van der Waals surface area (Å²) in [5.41, 5.74) is 1.34. The summed E-state index contributed by atoms with van der Waals surface area (Å²) in [4.78, 5) is 39.3. The van der Waals surface area contributed by atoms with E-state index in [0.717, 1.165) is 18.4 Å². The topological polar surface area (TPSA) is 84.5 Å². The van der Waals surface area contributed by atoms with Crippen molar-refractivity contribution in [2.75, 3.05) is 11.9 Å². The molecule has 0 saturated carbocycles. The summed E-state index contributed by atoms with van der Waals surface area (Å²) < 4.78 is 3.98. The number of ketones is 1. The SMILES string of the molecule is CCC(Oc1ccc(C(C)(C)CC)cc1C(C)(C)CC)C(=O)NCC(C)(C)C(=O)C(Cl)(Cl)C(=O)Nc1ccccc1. The second-order valence-corrected chi connectivity index (χ2v) is 13.9. The maximum atomic E-state index is 13.3. The number of hydrogen-bond donors (Lipinski definition) is 2. The zero-order chi connectivity index (χ0) is 31.2.